The fourth-order valence-corrected chi connectivity index (χ4v) is 4.37. The molecule has 148 valence electrons. The van der Waals surface area contributed by atoms with Crippen molar-refractivity contribution in [2.75, 3.05) is 26.3 Å². The molecular weight excluding hydrogens is 354 g/mol. The first-order valence-corrected chi connectivity index (χ1v) is 10.2. The first-order chi connectivity index (χ1) is 13.8. The van der Waals surface area contributed by atoms with Gasteiger partial charge >= 0.3 is 0 Å². The number of fused-ring (bicyclic) bond motifs is 1. The third kappa shape index (κ3) is 3.40. The lowest BCUT2D eigenvalue weighted by atomic mass is 10.1. The van der Waals surface area contributed by atoms with Gasteiger partial charge in [0.05, 0.1) is 30.1 Å². The highest BCUT2D eigenvalue weighted by Gasteiger charge is 2.23. The Morgan fingerprint density at radius 1 is 1.18 bits per heavy atom. The highest BCUT2D eigenvalue weighted by molar-refractivity contribution is 5.86. The number of hydrogen-bond acceptors (Lipinski definition) is 5. The van der Waals surface area contributed by atoms with Crippen molar-refractivity contribution in [3.8, 4) is 5.75 Å². The second kappa shape index (κ2) is 7.56. The van der Waals surface area contributed by atoms with Crippen LogP contribution in [0.2, 0.25) is 0 Å². The zero-order chi connectivity index (χ0) is 18.9. The van der Waals surface area contributed by atoms with Crippen LogP contribution in [0.1, 0.15) is 31.0 Å². The number of benzene rings is 1. The predicted molar refractivity (Wildman–Crippen MR) is 106 cm³/mol. The van der Waals surface area contributed by atoms with E-state index in [4.69, 9.17) is 9.47 Å². The Labute approximate surface area is 164 Å². The van der Waals surface area contributed by atoms with Crippen molar-refractivity contribution < 1.29 is 9.47 Å². The summed E-state index contributed by atoms with van der Waals surface area (Å²) in [5.74, 6) is 1.00. The molecule has 7 nitrogen and oxygen atoms in total. The van der Waals surface area contributed by atoms with Crippen LogP contribution in [0.25, 0.3) is 10.9 Å². The average molecular weight is 381 g/mol. The van der Waals surface area contributed by atoms with Gasteiger partial charge in [0.2, 0.25) is 0 Å². The molecule has 1 aromatic carbocycles. The van der Waals surface area contributed by atoms with Crippen molar-refractivity contribution in [2.45, 2.75) is 38.0 Å². The molecule has 2 aliphatic rings. The van der Waals surface area contributed by atoms with Crippen molar-refractivity contribution >= 4 is 10.9 Å². The minimum absolute atomic E-state index is 0.268. The summed E-state index contributed by atoms with van der Waals surface area (Å²) in [6.45, 7) is 4.63. The van der Waals surface area contributed by atoms with E-state index < -0.39 is 0 Å². The summed E-state index contributed by atoms with van der Waals surface area (Å²) in [5.41, 5.74) is 2.40. The van der Waals surface area contributed by atoms with Crippen LogP contribution in [-0.4, -0.2) is 56.9 Å². The summed E-state index contributed by atoms with van der Waals surface area (Å²) in [6, 6.07) is 9.02. The third-order valence-corrected chi connectivity index (χ3v) is 6.04. The van der Waals surface area contributed by atoms with Gasteiger partial charge in [-0.1, -0.05) is 11.3 Å². The van der Waals surface area contributed by atoms with Crippen LogP contribution < -0.4 is 4.74 Å². The monoisotopic (exact) mass is 381 g/mol. The SMILES string of the molecule is Cn1nncc1CN1CCC(Oc2cccc3c2ccn3C2CCOC2)CC1. The molecule has 5 rings (SSSR count). The van der Waals surface area contributed by atoms with Crippen LogP contribution in [0.3, 0.4) is 0 Å². The summed E-state index contributed by atoms with van der Waals surface area (Å²) in [6.07, 6.45) is 7.46. The van der Waals surface area contributed by atoms with E-state index in [1.54, 1.807) is 0 Å². The molecule has 1 atom stereocenters. The highest BCUT2D eigenvalue weighted by Crippen LogP contribution is 2.32. The molecule has 2 saturated heterocycles. The van der Waals surface area contributed by atoms with Gasteiger partial charge in [0.15, 0.2) is 0 Å². The van der Waals surface area contributed by atoms with Crippen molar-refractivity contribution in [3.63, 3.8) is 0 Å². The second-order valence-electron chi connectivity index (χ2n) is 7.87. The quantitative estimate of drug-likeness (QED) is 0.680. The Kier molecular flexibility index (Phi) is 4.78. The van der Waals surface area contributed by atoms with Crippen molar-refractivity contribution in [2.24, 2.45) is 7.05 Å². The zero-order valence-corrected chi connectivity index (χ0v) is 16.3. The molecule has 0 aliphatic carbocycles. The van der Waals surface area contributed by atoms with Crippen LogP contribution in [0.5, 0.6) is 5.75 Å². The molecule has 1 unspecified atom stereocenters. The first kappa shape index (κ1) is 17.7. The van der Waals surface area contributed by atoms with Gasteiger partial charge in [0.25, 0.3) is 0 Å². The van der Waals surface area contributed by atoms with Gasteiger partial charge in [-0.2, -0.15) is 0 Å². The molecule has 2 aliphatic heterocycles. The molecule has 2 aromatic heterocycles. The lowest BCUT2D eigenvalue weighted by Crippen LogP contribution is -2.38. The maximum atomic E-state index is 6.45. The van der Waals surface area contributed by atoms with E-state index in [2.05, 4.69) is 50.2 Å². The van der Waals surface area contributed by atoms with Crippen molar-refractivity contribution in [3.05, 3.63) is 42.4 Å². The summed E-state index contributed by atoms with van der Waals surface area (Å²) in [4.78, 5) is 2.45. The standard InChI is InChI=1S/C21H27N5O2/c1-24-17(13-22-23-24)14-25-9-5-18(6-10-25)28-21-4-2-3-20-19(21)7-11-26(20)16-8-12-27-15-16/h2-4,7,11,13,16,18H,5-6,8-10,12,14-15H2,1H3. The van der Waals surface area contributed by atoms with Crippen LogP contribution in [0.4, 0.5) is 0 Å². The number of likely N-dealkylation sites (tertiary alicyclic amines) is 1. The molecule has 28 heavy (non-hydrogen) atoms. The van der Waals surface area contributed by atoms with Gasteiger partial charge in [0.1, 0.15) is 11.9 Å². The molecular formula is C21H27N5O2. The highest BCUT2D eigenvalue weighted by atomic mass is 16.5. The van der Waals surface area contributed by atoms with Crippen LogP contribution in [0.15, 0.2) is 36.7 Å². The molecule has 4 heterocycles. The second-order valence-corrected chi connectivity index (χ2v) is 7.87. The average Bonchev–Trinajstić information content (AvgIpc) is 3.45. The van der Waals surface area contributed by atoms with E-state index in [9.17, 15) is 0 Å². The normalized spacial score (nSPS) is 21.5. The van der Waals surface area contributed by atoms with E-state index in [1.807, 2.05) is 17.9 Å². The molecule has 0 amide bonds. The van der Waals surface area contributed by atoms with E-state index in [0.29, 0.717) is 6.04 Å². The van der Waals surface area contributed by atoms with Gasteiger partial charge in [-0.3, -0.25) is 9.58 Å². The lowest BCUT2D eigenvalue weighted by molar-refractivity contribution is 0.0966. The number of piperidine rings is 1. The van der Waals surface area contributed by atoms with Gasteiger partial charge < -0.3 is 14.0 Å². The number of aryl methyl sites for hydroxylation is 1. The Bertz CT molecular complexity index is 935. The first-order valence-electron chi connectivity index (χ1n) is 10.2. The zero-order valence-electron chi connectivity index (χ0n) is 16.3. The minimum Gasteiger partial charge on any atom is -0.490 e. The van der Waals surface area contributed by atoms with Crippen LogP contribution in [0, 0.1) is 0 Å². The smallest absolute Gasteiger partial charge is 0.129 e. The summed E-state index contributed by atoms with van der Waals surface area (Å²) in [7, 11) is 1.95. The molecule has 7 heteroatoms. The maximum absolute atomic E-state index is 6.45. The minimum atomic E-state index is 0.268. The Morgan fingerprint density at radius 3 is 2.82 bits per heavy atom. The molecule has 0 saturated carbocycles. The van der Waals surface area contributed by atoms with Gasteiger partial charge in [-0.05, 0) is 37.5 Å². The Hall–Kier alpha value is -2.38. The maximum Gasteiger partial charge on any atom is 0.129 e. The van der Waals surface area contributed by atoms with Crippen LogP contribution >= 0.6 is 0 Å². The number of ether oxygens (including phenoxy) is 2. The van der Waals surface area contributed by atoms with Gasteiger partial charge in [0, 0.05) is 44.9 Å². The topological polar surface area (TPSA) is 57.3 Å². The fraction of sp³-hybridized carbons (Fsp3) is 0.524. The Morgan fingerprint density at radius 2 is 2.07 bits per heavy atom. The molecule has 0 N–H and O–H groups in total. The van der Waals surface area contributed by atoms with E-state index in [1.165, 1.54) is 10.9 Å². The largest absolute Gasteiger partial charge is 0.490 e. The van der Waals surface area contributed by atoms with Crippen molar-refractivity contribution in [1.29, 1.82) is 0 Å². The number of nitrogens with zero attached hydrogens (tertiary/aromatic N) is 5. The van der Waals surface area contributed by atoms with Gasteiger partial charge in [-0.25, -0.2) is 0 Å². The predicted octanol–water partition coefficient (Wildman–Crippen LogP) is 2.77. The lowest BCUT2D eigenvalue weighted by Gasteiger charge is -2.32. The molecule has 0 spiro atoms. The van der Waals surface area contributed by atoms with Crippen molar-refractivity contribution in [1.82, 2.24) is 24.5 Å². The number of hydrogen-bond donors (Lipinski definition) is 0. The van der Waals surface area contributed by atoms with E-state index in [-0.39, 0.29) is 6.10 Å². The molecule has 0 radical (unpaired) electrons. The van der Waals surface area contributed by atoms with E-state index >= 15 is 0 Å². The third-order valence-electron chi connectivity index (χ3n) is 6.04. The van der Waals surface area contributed by atoms with Gasteiger partial charge in [-0.15, -0.1) is 5.10 Å². The Balaban J connectivity index is 1.24. The molecule has 3 aromatic rings. The summed E-state index contributed by atoms with van der Waals surface area (Å²) in [5, 5.41) is 9.19. The fourth-order valence-electron chi connectivity index (χ4n) is 4.37. The van der Waals surface area contributed by atoms with Crippen LogP contribution in [-0.2, 0) is 18.3 Å². The number of aromatic nitrogens is 4. The number of rotatable bonds is 5. The molecule has 2 fully saturated rings. The summed E-state index contributed by atoms with van der Waals surface area (Å²) >= 11 is 0. The van der Waals surface area contributed by atoms with E-state index in [0.717, 1.165) is 63.6 Å². The molecule has 0 bridgehead atoms. The summed E-state index contributed by atoms with van der Waals surface area (Å²) < 4.78 is 16.2.